The van der Waals surface area contributed by atoms with Gasteiger partial charge in [-0.1, -0.05) is 5.16 Å². The van der Waals surface area contributed by atoms with Crippen LogP contribution < -0.4 is 11.1 Å². The highest BCUT2D eigenvalue weighted by atomic mass is 79.9. The number of aromatic nitrogens is 4. The molecule has 1 aliphatic carbocycles. The highest BCUT2D eigenvalue weighted by Crippen LogP contribution is 2.50. The van der Waals surface area contributed by atoms with Gasteiger partial charge in [0.1, 0.15) is 5.82 Å². The Morgan fingerprint density at radius 2 is 2.00 bits per heavy atom. The van der Waals surface area contributed by atoms with Crippen molar-refractivity contribution in [2.45, 2.75) is 18.9 Å². The summed E-state index contributed by atoms with van der Waals surface area (Å²) in [7, 11) is -3.16. The normalized spacial score (nSPS) is 18.7. The van der Waals surface area contributed by atoms with Crippen molar-refractivity contribution in [3.05, 3.63) is 39.0 Å². The first kappa shape index (κ1) is 20.3. The van der Waals surface area contributed by atoms with Gasteiger partial charge >= 0.3 is 5.76 Å². The number of rotatable bonds is 5. The fourth-order valence-electron chi connectivity index (χ4n) is 4.16. The molecular formula is C17H16BrFN6O5S. The van der Waals surface area contributed by atoms with Crippen LogP contribution in [-0.2, 0) is 10.0 Å². The summed E-state index contributed by atoms with van der Waals surface area (Å²) in [5.74, 6) is -0.930. The van der Waals surface area contributed by atoms with Crippen LogP contribution in [0.15, 0.2) is 36.6 Å². The molecule has 0 atom stereocenters. The van der Waals surface area contributed by atoms with E-state index in [-0.39, 0.29) is 33.3 Å². The summed E-state index contributed by atoms with van der Waals surface area (Å²) in [6.45, 7) is 1.02. The van der Waals surface area contributed by atoms with Crippen LogP contribution in [0.1, 0.15) is 12.8 Å². The van der Waals surface area contributed by atoms with E-state index in [2.05, 4.69) is 36.7 Å². The first-order chi connectivity index (χ1) is 14.7. The molecule has 1 N–H and O–H groups in total. The van der Waals surface area contributed by atoms with Crippen molar-refractivity contribution in [1.29, 1.82) is 0 Å². The Morgan fingerprint density at radius 1 is 1.26 bits per heavy atom. The van der Waals surface area contributed by atoms with Crippen molar-refractivity contribution < 1.29 is 22.0 Å². The largest absolute Gasteiger partial charge is 0.446 e. The van der Waals surface area contributed by atoms with Gasteiger partial charge in [0.25, 0.3) is 0 Å². The molecule has 1 aromatic carbocycles. The van der Waals surface area contributed by atoms with Gasteiger partial charge in [0.05, 0.1) is 16.4 Å². The maximum Gasteiger partial charge on any atom is 0.446 e. The van der Waals surface area contributed by atoms with Crippen LogP contribution in [0.2, 0.25) is 0 Å². The summed E-state index contributed by atoms with van der Waals surface area (Å²) in [5, 5.41) is 14.7. The molecule has 3 aromatic rings. The average molecular weight is 515 g/mol. The minimum atomic E-state index is -3.16. The van der Waals surface area contributed by atoms with Crippen molar-refractivity contribution in [2.24, 2.45) is 5.41 Å². The Morgan fingerprint density at radius 3 is 2.68 bits per heavy atom. The predicted octanol–water partition coefficient (Wildman–Crippen LogP) is 1.61. The Balaban J connectivity index is 1.36. The highest BCUT2D eigenvalue weighted by molar-refractivity contribution is 9.10. The molecule has 0 radical (unpaired) electrons. The van der Waals surface area contributed by atoms with Crippen molar-refractivity contribution >= 4 is 31.8 Å². The Bertz CT molecular complexity index is 1320. The SMILES string of the molecule is CS(=O)(=O)N1CC2(CC(Nc3nonc3-c3noc(=O)n3-c3ccc(F)c(Br)c3)C2)C1. The van der Waals surface area contributed by atoms with Gasteiger partial charge in [-0.25, -0.2) is 31.1 Å². The number of hydrogen-bond donors (Lipinski definition) is 1. The van der Waals surface area contributed by atoms with Gasteiger partial charge in [-0.05, 0) is 57.3 Å². The zero-order valence-electron chi connectivity index (χ0n) is 16.1. The summed E-state index contributed by atoms with van der Waals surface area (Å²) in [5.41, 5.74) is 0.467. The molecule has 1 aliphatic heterocycles. The van der Waals surface area contributed by atoms with E-state index in [9.17, 15) is 17.6 Å². The second-order valence-electron chi connectivity index (χ2n) is 7.95. The zero-order chi connectivity index (χ0) is 22.0. The molecule has 2 fully saturated rings. The van der Waals surface area contributed by atoms with Gasteiger partial charge < -0.3 is 5.32 Å². The standard InChI is InChI=1S/C17H16BrFN6O5S/c1-31(27,28)24-7-17(8-24)5-9(6-17)20-14-13(21-30-22-14)15-23-29-16(26)25(15)10-2-3-12(19)11(18)4-10/h2-4,9H,5-8H2,1H3,(H,20,22). The number of hydrogen-bond acceptors (Lipinski definition) is 9. The molecule has 2 aliphatic rings. The van der Waals surface area contributed by atoms with Gasteiger partial charge in [0.2, 0.25) is 21.7 Å². The molecule has 0 bridgehead atoms. The van der Waals surface area contributed by atoms with Crippen LogP contribution in [0.3, 0.4) is 0 Å². The molecule has 11 nitrogen and oxygen atoms in total. The van der Waals surface area contributed by atoms with Gasteiger partial charge in [0.15, 0.2) is 5.69 Å². The maximum atomic E-state index is 13.6. The molecule has 164 valence electrons. The lowest BCUT2D eigenvalue weighted by Crippen LogP contribution is -2.65. The van der Waals surface area contributed by atoms with E-state index in [1.807, 2.05) is 0 Å². The van der Waals surface area contributed by atoms with Crippen LogP contribution in [0.4, 0.5) is 10.2 Å². The maximum absolute atomic E-state index is 13.6. The summed E-state index contributed by atoms with van der Waals surface area (Å²) in [6.07, 6.45) is 2.74. The minimum Gasteiger partial charge on any atom is -0.362 e. The van der Waals surface area contributed by atoms with Crippen molar-refractivity contribution in [3.63, 3.8) is 0 Å². The third-order valence-corrected chi connectivity index (χ3v) is 7.46. The van der Waals surface area contributed by atoms with Crippen LogP contribution in [0, 0.1) is 11.2 Å². The molecule has 14 heteroatoms. The van der Waals surface area contributed by atoms with Gasteiger partial charge in [-0.15, -0.1) is 0 Å². The van der Waals surface area contributed by atoms with E-state index in [1.54, 1.807) is 0 Å². The third kappa shape index (κ3) is 3.47. The second-order valence-corrected chi connectivity index (χ2v) is 10.8. The van der Waals surface area contributed by atoms with E-state index in [0.717, 1.165) is 17.4 Å². The smallest absolute Gasteiger partial charge is 0.362 e. The van der Waals surface area contributed by atoms with Crippen molar-refractivity contribution in [2.75, 3.05) is 24.7 Å². The molecule has 2 aromatic heterocycles. The van der Waals surface area contributed by atoms with Crippen LogP contribution in [-0.4, -0.2) is 58.1 Å². The number of anilines is 1. The van der Waals surface area contributed by atoms with Gasteiger partial charge in [-0.3, -0.25) is 4.52 Å². The van der Waals surface area contributed by atoms with Crippen molar-refractivity contribution in [1.82, 2.24) is 24.3 Å². The number of nitrogens with one attached hydrogen (secondary N) is 1. The highest BCUT2D eigenvalue weighted by Gasteiger charge is 2.55. The molecule has 3 heterocycles. The molecule has 1 saturated heterocycles. The lowest BCUT2D eigenvalue weighted by Gasteiger charge is -2.58. The number of benzene rings is 1. The fraction of sp³-hybridized carbons (Fsp3) is 0.412. The molecule has 5 rings (SSSR count). The summed E-state index contributed by atoms with van der Waals surface area (Å²) in [6, 6.07) is 4.06. The summed E-state index contributed by atoms with van der Waals surface area (Å²) < 4.78 is 49.2. The van der Waals surface area contributed by atoms with Crippen LogP contribution in [0.25, 0.3) is 17.2 Å². The molecule has 0 unspecified atom stereocenters. The first-order valence-corrected chi connectivity index (χ1v) is 11.9. The topological polar surface area (TPSA) is 136 Å². The number of halogens is 2. The lowest BCUT2D eigenvalue weighted by molar-refractivity contribution is -0.0170. The van der Waals surface area contributed by atoms with Gasteiger partial charge in [0, 0.05) is 24.5 Å². The van der Waals surface area contributed by atoms with E-state index < -0.39 is 21.6 Å². The van der Waals surface area contributed by atoms with E-state index in [1.165, 1.54) is 28.8 Å². The van der Waals surface area contributed by atoms with Crippen LogP contribution in [0.5, 0.6) is 0 Å². The van der Waals surface area contributed by atoms with E-state index in [4.69, 9.17) is 9.15 Å². The summed E-state index contributed by atoms with van der Waals surface area (Å²) in [4.78, 5) is 12.2. The van der Waals surface area contributed by atoms with Crippen molar-refractivity contribution in [3.8, 4) is 17.2 Å². The van der Waals surface area contributed by atoms with E-state index >= 15 is 0 Å². The predicted molar refractivity (Wildman–Crippen MR) is 109 cm³/mol. The average Bonchev–Trinajstić information content (AvgIpc) is 3.23. The second kappa shape index (κ2) is 6.97. The Hall–Kier alpha value is -2.58. The minimum absolute atomic E-state index is 0.0194. The Kier molecular flexibility index (Phi) is 4.57. The van der Waals surface area contributed by atoms with Gasteiger partial charge in [-0.2, -0.15) is 0 Å². The quantitative estimate of drug-likeness (QED) is 0.538. The fourth-order valence-corrected chi connectivity index (χ4v) is 5.54. The monoisotopic (exact) mass is 514 g/mol. The molecule has 1 spiro atoms. The lowest BCUT2D eigenvalue weighted by atomic mass is 9.61. The number of nitrogens with zero attached hydrogens (tertiary/aromatic N) is 5. The van der Waals surface area contributed by atoms with Crippen LogP contribution >= 0.6 is 15.9 Å². The summed E-state index contributed by atoms with van der Waals surface area (Å²) >= 11 is 3.09. The van der Waals surface area contributed by atoms with E-state index in [0.29, 0.717) is 18.8 Å². The molecule has 1 saturated carbocycles. The molecular weight excluding hydrogens is 499 g/mol. The third-order valence-electron chi connectivity index (χ3n) is 5.66. The number of sulfonamides is 1. The molecule has 31 heavy (non-hydrogen) atoms. The molecule has 0 amide bonds. The zero-order valence-corrected chi connectivity index (χ0v) is 18.5. The Labute approximate surface area is 183 Å². The first-order valence-electron chi connectivity index (χ1n) is 9.24.